The van der Waals surface area contributed by atoms with E-state index >= 15 is 0 Å². The third-order valence-electron chi connectivity index (χ3n) is 3.55. The highest BCUT2D eigenvalue weighted by Gasteiger charge is 2.01. The van der Waals surface area contributed by atoms with Crippen molar-refractivity contribution in [2.45, 2.75) is 13.5 Å². The van der Waals surface area contributed by atoms with E-state index in [0.29, 0.717) is 6.61 Å². The van der Waals surface area contributed by atoms with Gasteiger partial charge in [-0.05, 0) is 54.4 Å². The Morgan fingerprint density at radius 2 is 1.38 bits per heavy atom. The van der Waals surface area contributed by atoms with Crippen molar-refractivity contribution >= 4 is 5.71 Å². The van der Waals surface area contributed by atoms with Crippen LogP contribution in [0.25, 0.3) is 0 Å². The number of oxime groups is 1. The van der Waals surface area contributed by atoms with Gasteiger partial charge in [-0.25, -0.2) is 0 Å². The minimum absolute atomic E-state index is 0.560. The summed E-state index contributed by atoms with van der Waals surface area (Å²) >= 11 is 0. The first-order valence-electron chi connectivity index (χ1n) is 7.85. The lowest BCUT2D eigenvalue weighted by molar-refractivity contribution is 0.306. The van der Waals surface area contributed by atoms with Gasteiger partial charge in [-0.1, -0.05) is 53.7 Å². The molecule has 0 radical (unpaired) electrons. The van der Waals surface area contributed by atoms with Crippen LogP contribution in [0.4, 0.5) is 0 Å². The van der Waals surface area contributed by atoms with Gasteiger partial charge in [0.15, 0.2) is 5.75 Å². The van der Waals surface area contributed by atoms with Gasteiger partial charge in [-0.3, -0.25) is 0 Å². The Labute approximate surface area is 142 Å². The SMILES string of the molecule is C/C(=N\Oc1ccccc1)c1ccc(OCc2ccccc2)cc1. The van der Waals surface area contributed by atoms with Gasteiger partial charge in [0.1, 0.15) is 12.4 Å². The van der Waals surface area contributed by atoms with Crippen LogP contribution < -0.4 is 9.57 Å². The molecule has 0 aliphatic rings. The average Bonchev–Trinajstić information content (AvgIpc) is 2.66. The Balaban J connectivity index is 1.59. The quantitative estimate of drug-likeness (QED) is 0.469. The van der Waals surface area contributed by atoms with Gasteiger partial charge in [-0.2, -0.15) is 0 Å². The molecule has 0 fully saturated rings. The van der Waals surface area contributed by atoms with Crippen molar-refractivity contribution in [2.75, 3.05) is 0 Å². The molecule has 3 aromatic rings. The molecule has 0 heterocycles. The molecule has 0 amide bonds. The van der Waals surface area contributed by atoms with E-state index in [-0.39, 0.29) is 0 Å². The van der Waals surface area contributed by atoms with E-state index in [1.807, 2.05) is 91.9 Å². The van der Waals surface area contributed by atoms with E-state index in [2.05, 4.69) is 5.16 Å². The van der Waals surface area contributed by atoms with E-state index in [1.165, 1.54) is 0 Å². The van der Waals surface area contributed by atoms with Gasteiger partial charge < -0.3 is 9.57 Å². The summed E-state index contributed by atoms with van der Waals surface area (Å²) in [5.41, 5.74) is 2.96. The summed E-state index contributed by atoms with van der Waals surface area (Å²) in [5.74, 6) is 1.55. The lowest BCUT2D eigenvalue weighted by Crippen LogP contribution is -1.99. The molecule has 0 bridgehead atoms. The van der Waals surface area contributed by atoms with Crippen molar-refractivity contribution in [3.8, 4) is 11.5 Å². The van der Waals surface area contributed by atoms with Crippen LogP contribution in [-0.4, -0.2) is 5.71 Å². The lowest BCUT2D eigenvalue weighted by Gasteiger charge is -2.07. The third kappa shape index (κ3) is 4.46. The Bertz CT molecular complexity index is 781. The Morgan fingerprint density at radius 1 is 0.750 bits per heavy atom. The number of hydrogen-bond acceptors (Lipinski definition) is 3. The summed E-state index contributed by atoms with van der Waals surface area (Å²) in [6.45, 7) is 2.48. The van der Waals surface area contributed by atoms with Crippen molar-refractivity contribution < 1.29 is 9.57 Å². The maximum Gasteiger partial charge on any atom is 0.157 e. The van der Waals surface area contributed by atoms with Crippen molar-refractivity contribution in [1.29, 1.82) is 0 Å². The van der Waals surface area contributed by atoms with Crippen LogP contribution in [0, 0.1) is 0 Å². The molecule has 0 aliphatic carbocycles. The molecule has 120 valence electrons. The van der Waals surface area contributed by atoms with Crippen LogP contribution in [0.2, 0.25) is 0 Å². The topological polar surface area (TPSA) is 30.8 Å². The van der Waals surface area contributed by atoms with Crippen LogP contribution in [0.3, 0.4) is 0 Å². The number of nitrogens with zero attached hydrogens (tertiary/aromatic N) is 1. The van der Waals surface area contributed by atoms with Crippen LogP contribution in [0.1, 0.15) is 18.1 Å². The molecule has 0 aromatic heterocycles. The Morgan fingerprint density at radius 3 is 2.04 bits per heavy atom. The predicted molar refractivity (Wildman–Crippen MR) is 96.5 cm³/mol. The second kappa shape index (κ2) is 7.97. The van der Waals surface area contributed by atoms with Crippen LogP contribution in [0.15, 0.2) is 90.1 Å². The van der Waals surface area contributed by atoms with Gasteiger partial charge in [0.2, 0.25) is 0 Å². The van der Waals surface area contributed by atoms with Gasteiger partial charge >= 0.3 is 0 Å². The summed E-state index contributed by atoms with van der Waals surface area (Å²) < 4.78 is 5.78. The van der Waals surface area contributed by atoms with E-state index in [0.717, 1.165) is 28.3 Å². The standard InChI is InChI=1S/C21H19NO2/c1-17(22-24-21-10-6-3-7-11-21)19-12-14-20(15-13-19)23-16-18-8-4-2-5-9-18/h2-15H,16H2,1H3/b22-17+. The van der Waals surface area contributed by atoms with E-state index in [4.69, 9.17) is 9.57 Å². The molecule has 0 saturated carbocycles. The normalized spacial score (nSPS) is 11.1. The largest absolute Gasteiger partial charge is 0.489 e. The van der Waals surface area contributed by atoms with Gasteiger partial charge in [0, 0.05) is 0 Å². The summed E-state index contributed by atoms with van der Waals surface area (Å²) in [6.07, 6.45) is 0. The maximum absolute atomic E-state index is 5.78. The second-order valence-corrected chi connectivity index (χ2v) is 5.38. The molecule has 3 aromatic carbocycles. The smallest absolute Gasteiger partial charge is 0.157 e. The summed E-state index contributed by atoms with van der Waals surface area (Å²) in [4.78, 5) is 5.41. The fourth-order valence-corrected chi connectivity index (χ4v) is 2.19. The zero-order valence-corrected chi connectivity index (χ0v) is 13.6. The molecular formula is C21H19NO2. The van der Waals surface area contributed by atoms with Gasteiger partial charge in [-0.15, -0.1) is 0 Å². The number of benzene rings is 3. The molecule has 0 aliphatic heterocycles. The summed E-state index contributed by atoms with van der Waals surface area (Å²) in [5, 5.41) is 4.16. The third-order valence-corrected chi connectivity index (χ3v) is 3.55. The molecule has 3 rings (SSSR count). The predicted octanol–water partition coefficient (Wildman–Crippen LogP) is 5.07. The van der Waals surface area contributed by atoms with E-state index < -0.39 is 0 Å². The van der Waals surface area contributed by atoms with Gasteiger partial charge in [0.05, 0.1) is 5.71 Å². The number of ether oxygens (including phenoxy) is 1. The summed E-state index contributed by atoms with van der Waals surface area (Å²) in [6, 6.07) is 27.5. The Kier molecular flexibility index (Phi) is 5.25. The molecule has 3 nitrogen and oxygen atoms in total. The molecule has 0 N–H and O–H groups in total. The molecule has 0 atom stereocenters. The molecule has 0 saturated heterocycles. The van der Waals surface area contributed by atoms with Crippen LogP contribution in [0.5, 0.6) is 11.5 Å². The van der Waals surface area contributed by atoms with Gasteiger partial charge in [0.25, 0.3) is 0 Å². The number of hydrogen-bond donors (Lipinski definition) is 0. The fraction of sp³-hybridized carbons (Fsp3) is 0.0952. The highest BCUT2D eigenvalue weighted by molar-refractivity contribution is 5.98. The van der Waals surface area contributed by atoms with Crippen molar-refractivity contribution in [3.05, 3.63) is 96.1 Å². The maximum atomic E-state index is 5.78. The zero-order valence-electron chi connectivity index (χ0n) is 13.6. The first-order chi connectivity index (χ1) is 11.8. The van der Waals surface area contributed by atoms with E-state index in [1.54, 1.807) is 0 Å². The molecule has 0 spiro atoms. The van der Waals surface area contributed by atoms with Crippen molar-refractivity contribution in [3.63, 3.8) is 0 Å². The van der Waals surface area contributed by atoms with Crippen molar-refractivity contribution in [1.82, 2.24) is 0 Å². The zero-order chi connectivity index (χ0) is 16.6. The molecular weight excluding hydrogens is 298 g/mol. The average molecular weight is 317 g/mol. The first-order valence-corrected chi connectivity index (χ1v) is 7.85. The highest BCUT2D eigenvalue weighted by atomic mass is 16.6. The van der Waals surface area contributed by atoms with Crippen molar-refractivity contribution in [2.24, 2.45) is 5.16 Å². The number of rotatable bonds is 6. The molecule has 24 heavy (non-hydrogen) atoms. The minimum Gasteiger partial charge on any atom is -0.489 e. The highest BCUT2D eigenvalue weighted by Crippen LogP contribution is 2.15. The lowest BCUT2D eigenvalue weighted by atomic mass is 10.1. The van der Waals surface area contributed by atoms with Crippen LogP contribution in [-0.2, 0) is 6.61 Å². The molecule has 3 heteroatoms. The summed E-state index contributed by atoms with van der Waals surface area (Å²) in [7, 11) is 0. The Hall–Kier alpha value is -3.07. The minimum atomic E-state index is 0.560. The fourth-order valence-electron chi connectivity index (χ4n) is 2.19. The monoisotopic (exact) mass is 317 g/mol. The van der Waals surface area contributed by atoms with E-state index in [9.17, 15) is 0 Å². The van der Waals surface area contributed by atoms with Crippen LogP contribution >= 0.6 is 0 Å². The second-order valence-electron chi connectivity index (χ2n) is 5.38. The molecule has 0 unspecified atom stereocenters. The first kappa shape index (κ1) is 15.8. The number of para-hydroxylation sites is 1.